The lowest BCUT2D eigenvalue weighted by atomic mass is 10.0. The van der Waals surface area contributed by atoms with Crippen LogP contribution in [-0.2, 0) is 0 Å². The van der Waals surface area contributed by atoms with Crippen LogP contribution < -0.4 is 5.73 Å². The van der Waals surface area contributed by atoms with E-state index < -0.39 is 0 Å². The second-order valence-corrected chi connectivity index (χ2v) is 5.70. The predicted octanol–water partition coefficient (Wildman–Crippen LogP) is 3.29. The highest BCUT2D eigenvalue weighted by molar-refractivity contribution is 9.10. The third-order valence-electron chi connectivity index (χ3n) is 3.53. The van der Waals surface area contributed by atoms with Gasteiger partial charge in [-0.15, -0.1) is 0 Å². The van der Waals surface area contributed by atoms with Gasteiger partial charge in [0.25, 0.3) is 5.91 Å². The number of anilines is 1. The lowest BCUT2D eigenvalue weighted by Gasteiger charge is -2.17. The van der Waals surface area contributed by atoms with Crippen LogP contribution in [0.1, 0.15) is 36.5 Å². The zero-order chi connectivity index (χ0) is 13.1. The molecule has 1 aliphatic rings. The second-order valence-electron chi connectivity index (χ2n) is 4.90. The molecule has 2 rings (SSSR count). The SMILES string of the molecule is CCCC1CCN(C(=O)c2cccc(N)c2Br)C1. The van der Waals surface area contributed by atoms with Crippen molar-refractivity contribution in [3.8, 4) is 0 Å². The summed E-state index contributed by atoms with van der Waals surface area (Å²) in [6.45, 7) is 3.94. The molecule has 98 valence electrons. The van der Waals surface area contributed by atoms with Crippen molar-refractivity contribution in [3.05, 3.63) is 28.2 Å². The first kappa shape index (κ1) is 13.4. The van der Waals surface area contributed by atoms with Gasteiger partial charge in [-0.25, -0.2) is 0 Å². The normalized spacial score (nSPS) is 19.2. The van der Waals surface area contributed by atoms with E-state index in [0.29, 0.717) is 21.6 Å². The van der Waals surface area contributed by atoms with Gasteiger partial charge in [0.2, 0.25) is 0 Å². The summed E-state index contributed by atoms with van der Waals surface area (Å²) in [5.41, 5.74) is 7.10. The zero-order valence-electron chi connectivity index (χ0n) is 10.7. The Morgan fingerprint density at radius 3 is 3.06 bits per heavy atom. The fraction of sp³-hybridized carbons (Fsp3) is 0.500. The quantitative estimate of drug-likeness (QED) is 0.871. The summed E-state index contributed by atoms with van der Waals surface area (Å²) in [7, 11) is 0. The summed E-state index contributed by atoms with van der Waals surface area (Å²) < 4.78 is 0.717. The highest BCUT2D eigenvalue weighted by Crippen LogP contribution is 2.28. The molecule has 3 nitrogen and oxygen atoms in total. The number of amides is 1. The van der Waals surface area contributed by atoms with E-state index in [1.807, 2.05) is 17.0 Å². The second kappa shape index (κ2) is 5.74. The van der Waals surface area contributed by atoms with Crippen molar-refractivity contribution >= 4 is 27.5 Å². The lowest BCUT2D eigenvalue weighted by molar-refractivity contribution is 0.0785. The number of carbonyl (C=O) groups is 1. The predicted molar refractivity (Wildman–Crippen MR) is 77.5 cm³/mol. The third kappa shape index (κ3) is 2.69. The Labute approximate surface area is 116 Å². The van der Waals surface area contributed by atoms with Gasteiger partial charge in [-0.05, 0) is 46.8 Å². The molecule has 4 heteroatoms. The van der Waals surface area contributed by atoms with Gasteiger partial charge in [0.1, 0.15) is 0 Å². The number of nitrogens with two attached hydrogens (primary N) is 1. The molecule has 1 unspecified atom stereocenters. The number of halogens is 1. The molecule has 1 saturated heterocycles. The summed E-state index contributed by atoms with van der Waals surface area (Å²) >= 11 is 3.40. The van der Waals surface area contributed by atoms with Crippen molar-refractivity contribution in [3.63, 3.8) is 0 Å². The van der Waals surface area contributed by atoms with Gasteiger partial charge >= 0.3 is 0 Å². The van der Waals surface area contributed by atoms with Crippen molar-refractivity contribution in [2.24, 2.45) is 5.92 Å². The van der Waals surface area contributed by atoms with E-state index in [9.17, 15) is 4.79 Å². The Morgan fingerprint density at radius 1 is 1.56 bits per heavy atom. The maximum Gasteiger partial charge on any atom is 0.255 e. The van der Waals surface area contributed by atoms with Crippen LogP contribution in [0.4, 0.5) is 5.69 Å². The number of nitrogen functional groups attached to an aromatic ring is 1. The average Bonchev–Trinajstić information content (AvgIpc) is 2.81. The van der Waals surface area contributed by atoms with Crippen molar-refractivity contribution in [2.45, 2.75) is 26.2 Å². The van der Waals surface area contributed by atoms with Crippen LogP contribution in [0.2, 0.25) is 0 Å². The largest absolute Gasteiger partial charge is 0.398 e. The smallest absolute Gasteiger partial charge is 0.255 e. The molecule has 1 amide bonds. The molecule has 1 aromatic carbocycles. The highest BCUT2D eigenvalue weighted by Gasteiger charge is 2.27. The van der Waals surface area contributed by atoms with Crippen LogP contribution >= 0.6 is 15.9 Å². The van der Waals surface area contributed by atoms with Gasteiger partial charge in [-0.1, -0.05) is 19.4 Å². The van der Waals surface area contributed by atoms with E-state index in [4.69, 9.17) is 5.73 Å². The Kier molecular flexibility index (Phi) is 4.27. The topological polar surface area (TPSA) is 46.3 Å². The maximum absolute atomic E-state index is 12.4. The van der Waals surface area contributed by atoms with E-state index >= 15 is 0 Å². The van der Waals surface area contributed by atoms with Gasteiger partial charge in [-0.2, -0.15) is 0 Å². The summed E-state index contributed by atoms with van der Waals surface area (Å²) in [5, 5.41) is 0. The van der Waals surface area contributed by atoms with E-state index in [1.54, 1.807) is 6.07 Å². The standard InChI is InChI=1S/C14H19BrN2O/c1-2-4-10-7-8-17(9-10)14(18)11-5-3-6-12(16)13(11)15/h3,5-6,10H,2,4,7-9,16H2,1H3. The van der Waals surface area contributed by atoms with Crippen LogP contribution in [0.3, 0.4) is 0 Å². The minimum absolute atomic E-state index is 0.0905. The number of hydrogen-bond donors (Lipinski definition) is 1. The summed E-state index contributed by atoms with van der Waals surface area (Å²) in [6, 6.07) is 5.45. The van der Waals surface area contributed by atoms with Gasteiger partial charge in [0.15, 0.2) is 0 Å². The summed E-state index contributed by atoms with van der Waals surface area (Å²) in [5.74, 6) is 0.756. The van der Waals surface area contributed by atoms with E-state index in [1.165, 1.54) is 12.8 Å². The van der Waals surface area contributed by atoms with Crippen molar-refractivity contribution in [1.82, 2.24) is 4.90 Å². The first-order chi connectivity index (χ1) is 8.63. The van der Waals surface area contributed by atoms with E-state index in [0.717, 1.165) is 19.5 Å². The van der Waals surface area contributed by atoms with Gasteiger partial charge in [-0.3, -0.25) is 4.79 Å². The molecule has 18 heavy (non-hydrogen) atoms. The Balaban J connectivity index is 2.11. The van der Waals surface area contributed by atoms with Crippen molar-refractivity contribution in [2.75, 3.05) is 18.8 Å². The number of rotatable bonds is 3. The minimum Gasteiger partial charge on any atom is -0.398 e. The molecule has 1 atom stereocenters. The first-order valence-corrected chi connectivity index (χ1v) is 7.26. The van der Waals surface area contributed by atoms with Crippen LogP contribution in [0.5, 0.6) is 0 Å². The molecular formula is C14H19BrN2O. The molecule has 0 spiro atoms. The molecule has 1 fully saturated rings. The fourth-order valence-corrected chi connectivity index (χ4v) is 2.98. The first-order valence-electron chi connectivity index (χ1n) is 6.46. The third-order valence-corrected chi connectivity index (χ3v) is 4.41. The van der Waals surface area contributed by atoms with Crippen molar-refractivity contribution < 1.29 is 4.79 Å². The molecule has 2 N–H and O–H groups in total. The summed E-state index contributed by atoms with van der Waals surface area (Å²) in [4.78, 5) is 14.4. The molecule has 1 aromatic rings. The molecule has 0 radical (unpaired) electrons. The van der Waals surface area contributed by atoms with Crippen LogP contribution in [-0.4, -0.2) is 23.9 Å². The van der Waals surface area contributed by atoms with Gasteiger partial charge < -0.3 is 10.6 Å². The Hall–Kier alpha value is -1.03. The Bertz CT molecular complexity index is 447. The number of benzene rings is 1. The molecule has 0 aliphatic carbocycles. The number of carbonyl (C=O) groups excluding carboxylic acids is 1. The monoisotopic (exact) mass is 310 g/mol. The molecule has 0 saturated carbocycles. The number of hydrogen-bond acceptors (Lipinski definition) is 2. The van der Waals surface area contributed by atoms with E-state index in [2.05, 4.69) is 22.9 Å². The lowest BCUT2D eigenvalue weighted by Crippen LogP contribution is -2.29. The van der Waals surface area contributed by atoms with E-state index in [-0.39, 0.29) is 5.91 Å². The minimum atomic E-state index is 0.0905. The zero-order valence-corrected chi connectivity index (χ0v) is 12.2. The van der Waals surface area contributed by atoms with Crippen molar-refractivity contribution in [1.29, 1.82) is 0 Å². The molecule has 1 heterocycles. The van der Waals surface area contributed by atoms with Crippen LogP contribution in [0, 0.1) is 5.92 Å². The van der Waals surface area contributed by atoms with Crippen LogP contribution in [0.25, 0.3) is 0 Å². The number of nitrogens with zero attached hydrogens (tertiary/aromatic N) is 1. The molecule has 1 aliphatic heterocycles. The number of likely N-dealkylation sites (tertiary alicyclic amines) is 1. The maximum atomic E-state index is 12.4. The average molecular weight is 311 g/mol. The van der Waals surface area contributed by atoms with Crippen LogP contribution in [0.15, 0.2) is 22.7 Å². The Morgan fingerprint density at radius 2 is 2.33 bits per heavy atom. The molecule has 0 bridgehead atoms. The highest BCUT2D eigenvalue weighted by atomic mass is 79.9. The molecular weight excluding hydrogens is 292 g/mol. The summed E-state index contributed by atoms with van der Waals surface area (Å²) in [6.07, 6.45) is 3.52. The molecule has 0 aromatic heterocycles. The van der Waals surface area contributed by atoms with Gasteiger partial charge in [0, 0.05) is 18.8 Å². The van der Waals surface area contributed by atoms with Gasteiger partial charge in [0.05, 0.1) is 10.0 Å². The fourth-order valence-electron chi connectivity index (χ4n) is 2.55.